The molecule has 5 heteroatoms. The van der Waals surface area contributed by atoms with Crippen LogP contribution in [-0.4, -0.2) is 31.1 Å². The summed E-state index contributed by atoms with van der Waals surface area (Å²) in [5.74, 6) is 0.143. The van der Waals surface area contributed by atoms with Crippen molar-refractivity contribution < 1.29 is 4.79 Å². The third kappa shape index (κ3) is 5.00. The van der Waals surface area contributed by atoms with E-state index in [1.54, 1.807) is 0 Å². The molecule has 4 nitrogen and oxygen atoms in total. The molecule has 0 aromatic heterocycles. The number of hydrogen-bond acceptors (Lipinski definition) is 3. The smallest absolute Gasteiger partial charge is 0.221 e. The number of rotatable bonds is 3. The van der Waals surface area contributed by atoms with E-state index < -0.39 is 0 Å². The van der Waals surface area contributed by atoms with Crippen molar-refractivity contribution in [1.82, 2.24) is 10.6 Å². The summed E-state index contributed by atoms with van der Waals surface area (Å²) in [5.41, 5.74) is 2.55. The number of amides is 1. The monoisotopic (exact) mass is 353 g/mol. The van der Waals surface area contributed by atoms with Gasteiger partial charge in [-0.1, -0.05) is 15.9 Å². The van der Waals surface area contributed by atoms with Crippen molar-refractivity contribution in [3.05, 3.63) is 28.2 Å². The zero-order valence-electron chi connectivity index (χ0n) is 13.0. The minimum atomic E-state index is 0.0793. The van der Waals surface area contributed by atoms with E-state index in [1.807, 2.05) is 0 Å². The summed E-state index contributed by atoms with van der Waals surface area (Å²) in [6, 6.07) is 6.36. The maximum Gasteiger partial charge on any atom is 0.221 e. The Kier molecular flexibility index (Phi) is 5.27. The lowest BCUT2D eigenvalue weighted by Gasteiger charge is -2.27. The maximum absolute atomic E-state index is 11.5. The van der Waals surface area contributed by atoms with Gasteiger partial charge in [0.15, 0.2) is 0 Å². The summed E-state index contributed by atoms with van der Waals surface area (Å²) < 4.78 is 1.08. The Bertz CT molecular complexity index is 511. The summed E-state index contributed by atoms with van der Waals surface area (Å²) in [7, 11) is 0. The van der Waals surface area contributed by atoms with Gasteiger partial charge in [-0.15, -0.1) is 0 Å². The second-order valence-corrected chi connectivity index (χ2v) is 7.38. The molecule has 0 atom stereocenters. The third-order valence-electron chi connectivity index (χ3n) is 3.50. The normalized spacial score (nSPS) is 16.6. The summed E-state index contributed by atoms with van der Waals surface area (Å²) in [4.78, 5) is 13.8. The number of hydrogen-bond donors (Lipinski definition) is 2. The van der Waals surface area contributed by atoms with Crippen LogP contribution >= 0.6 is 15.9 Å². The van der Waals surface area contributed by atoms with Gasteiger partial charge in [-0.3, -0.25) is 4.79 Å². The van der Waals surface area contributed by atoms with Crippen LogP contribution in [-0.2, 0) is 11.3 Å². The van der Waals surface area contributed by atoms with E-state index in [2.05, 4.69) is 70.4 Å². The highest BCUT2D eigenvalue weighted by atomic mass is 79.9. The van der Waals surface area contributed by atoms with Gasteiger partial charge in [0, 0.05) is 48.3 Å². The standard InChI is InChI=1S/C16H24BrN3O/c1-16(2,3)19-11-12-10-13(17)4-5-14(12)20-8-6-15(21)18-7-9-20/h4-5,10,19H,6-9,11H2,1-3H3,(H,18,21). The first-order chi connectivity index (χ1) is 9.85. The fraction of sp³-hybridized carbons (Fsp3) is 0.562. The van der Waals surface area contributed by atoms with Crippen LogP contribution in [0, 0.1) is 0 Å². The molecule has 1 aliphatic rings. The van der Waals surface area contributed by atoms with Crippen LogP contribution in [0.25, 0.3) is 0 Å². The van der Waals surface area contributed by atoms with Crippen molar-refractivity contribution in [3.8, 4) is 0 Å². The van der Waals surface area contributed by atoms with Gasteiger partial charge in [-0.25, -0.2) is 0 Å². The Morgan fingerprint density at radius 2 is 2.10 bits per heavy atom. The Hall–Kier alpha value is -1.07. The van der Waals surface area contributed by atoms with Gasteiger partial charge in [0.05, 0.1) is 0 Å². The van der Waals surface area contributed by atoms with E-state index in [0.29, 0.717) is 13.0 Å². The van der Waals surface area contributed by atoms with Crippen molar-refractivity contribution in [2.24, 2.45) is 0 Å². The van der Waals surface area contributed by atoms with Gasteiger partial charge in [0.1, 0.15) is 0 Å². The molecule has 0 spiro atoms. The molecule has 0 aliphatic carbocycles. The van der Waals surface area contributed by atoms with Crippen molar-refractivity contribution in [2.75, 3.05) is 24.5 Å². The Labute approximate surface area is 135 Å². The van der Waals surface area contributed by atoms with Crippen LogP contribution in [0.3, 0.4) is 0 Å². The number of nitrogens with zero attached hydrogens (tertiary/aromatic N) is 1. The maximum atomic E-state index is 11.5. The van der Waals surface area contributed by atoms with Gasteiger partial charge in [-0.2, -0.15) is 0 Å². The predicted molar refractivity (Wildman–Crippen MR) is 90.6 cm³/mol. The van der Waals surface area contributed by atoms with Crippen LogP contribution in [0.4, 0.5) is 5.69 Å². The van der Waals surface area contributed by atoms with Crippen molar-refractivity contribution in [1.29, 1.82) is 0 Å². The summed E-state index contributed by atoms with van der Waals surface area (Å²) >= 11 is 3.55. The molecule has 21 heavy (non-hydrogen) atoms. The number of carbonyl (C=O) groups is 1. The summed E-state index contributed by atoms with van der Waals surface area (Å²) in [6.07, 6.45) is 0.558. The van der Waals surface area contributed by atoms with Gasteiger partial charge >= 0.3 is 0 Å². The summed E-state index contributed by atoms with van der Waals surface area (Å²) in [6.45, 7) is 9.65. The molecule has 1 aromatic carbocycles. The predicted octanol–water partition coefficient (Wildman–Crippen LogP) is 2.66. The fourth-order valence-corrected chi connectivity index (χ4v) is 2.78. The van der Waals surface area contributed by atoms with E-state index in [4.69, 9.17) is 0 Å². The molecule has 0 saturated carbocycles. The van der Waals surface area contributed by atoms with Crippen LogP contribution in [0.1, 0.15) is 32.8 Å². The fourth-order valence-electron chi connectivity index (χ4n) is 2.37. The lowest BCUT2D eigenvalue weighted by Crippen LogP contribution is -2.36. The number of halogens is 1. The van der Waals surface area contributed by atoms with Crippen LogP contribution in [0.15, 0.2) is 22.7 Å². The molecule has 0 radical (unpaired) electrons. The molecule has 1 heterocycles. The van der Waals surface area contributed by atoms with Crippen LogP contribution < -0.4 is 15.5 Å². The average molecular weight is 354 g/mol. The van der Waals surface area contributed by atoms with Gasteiger partial charge in [-0.05, 0) is 44.5 Å². The van der Waals surface area contributed by atoms with E-state index in [-0.39, 0.29) is 11.4 Å². The van der Waals surface area contributed by atoms with Crippen LogP contribution in [0.2, 0.25) is 0 Å². The van der Waals surface area contributed by atoms with Crippen molar-refractivity contribution in [2.45, 2.75) is 39.3 Å². The number of benzene rings is 1. The highest BCUT2D eigenvalue weighted by molar-refractivity contribution is 9.10. The number of anilines is 1. The zero-order valence-corrected chi connectivity index (χ0v) is 14.6. The third-order valence-corrected chi connectivity index (χ3v) is 4.00. The Morgan fingerprint density at radius 1 is 1.33 bits per heavy atom. The van der Waals surface area contributed by atoms with E-state index >= 15 is 0 Å². The molecule has 116 valence electrons. The van der Waals surface area contributed by atoms with E-state index in [1.165, 1.54) is 11.3 Å². The lowest BCUT2D eigenvalue weighted by atomic mass is 10.1. The first kappa shape index (κ1) is 16.3. The summed E-state index contributed by atoms with van der Waals surface area (Å²) in [5, 5.41) is 6.47. The van der Waals surface area contributed by atoms with Gasteiger partial charge < -0.3 is 15.5 Å². The molecule has 1 aromatic rings. The molecular weight excluding hydrogens is 330 g/mol. The molecule has 1 fully saturated rings. The topological polar surface area (TPSA) is 44.4 Å². The van der Waals surface area contributed by atoms with Crippen LogP contribution in [0.5, 0.6) is 0 Å². The minimum absolute atomic E-state index is 0.0793. The molecule has 1 aliphatic heterocycles. The molecule has 0 unspecified atom stereocenters. The number of carbonyl (C=O) groups excluding carboxylic acids is 1. The molecule has 0 bridgehead atoms. The van der Waals surface area contributed by atoms with E-state index in [0.717, 1.165) is 24.1 Å². The quantitative estimate of drug-likeness (QED) is 0.877. The highest BCUT2D eigenvalue weighted by Crippen LogP contribution is 2.26. The minimum Gasteiger partial charge on any atom is -0.369 e. The molecule has 1 amide bonds. The second kappa shape index (κ2) is 6.79. The second-order valence-electron chi connectivity index (χ2n) is 6.46. The van der Waals surface area contributed by atoms with Gasteiger partial charge in [0.25, 0.3) is 0 Å². The lowest BCUT2D eigenvalue weighted by molar-refractivity contribution is -0.120. The molecular formula is C16H24BrN3O. The largest absolute Gasteiger partial charge is 0.369 e. The van der Waals surface area contributed by atoms with E-state index in [9.17, 15) is 4.79 Å². The average Bonchev–Trinajstić information content (AvgIpc) is 2.61. The van der Waals surface area contributed by atoms with Crippen molar-refractivity contribution >= 4 is 27.5 Å². The molecule has 2 N–H and O–H groups in total. The first-order valence-electron chi connectivity index (χ1n) is 7.40. The first-order valence-corrected chi connectivity index (χ1v) is 8.19. The SMILES string of the molecule is CC(C)(C)NCc1cc(Br)ccc1N1CCNC(=O)CC1. The van der Waals surface area contributed by atoms with Gasteiger partial charge in [0.2, 0.25) is 5.91 Å². The Morgan fingerprint density at radius 3 is 2.81 bits per heavy atom. The number of nitrogens with one attached hydrogen (secondary N) is 2. The zero-order chi connectivity index (χ0) is 15.5. The molecule has 1 saturated heterocycles. The van der Waals surface area contributed by atoms with Crippen molar-refractivity contribution in [3.63, 3.8) is 0 Å². The Balaban J connectivity index is 2.19. The highest BCUT2D eigenvalue weighted by Gasteiger charge is 2.17. The molecule has 2 rings (SSSR count).